The fourth-order valence-corrected chi connectivity index (χ4v) is 3.84. The van der Waals surface area contributed by atoms with Gasteiger partial charge in [-0.25, -0.2) is 9.97 Å². The Bertz CT molecular complexity index is 716. The van der Waals surface area contributed by atoms with Crippen molar-refractivity contribution >= 4 is 23.1 Å². The van der Waals surface area contributed by atoms with E-state index in [-0.39, 0.29) is 0 Å². The number of nitrogens with one attached hydrogen (secondary N) is 2. The van der Waals surface area contributed by atoms with Crippen molar-refractivity contribution in [3.8, 4) is 0 Å². The second-order valence-electron chi connectivity index (χ2n) is 6.60. The number of nitrogens with zero attached hydrogens (tertiary/aromatic N) is 4. The van der Waals surface area contributed by atoms with Crippen molar-refractivity contribution < 1.29 is 0 Å². The maximum absolute atomic E-state index is 4.54. The first-order valence-corrected chi connectivity index (χ1v) is 10.1. The molecule has 0 aliphatic carbocycles. The smallest absolute Gasteiger partial charge is 0.191 e. The molecule has 1 aliphatic heterocycles. The number of thiazole rings is 1. The minimum atomic E-state index is 0.436. The van der Waals surface area contributed by atoms with Gasteiger partial charge in [-0.1, -0.05) is 13.0 Å². The van der Waals surface area contributed by atoms with Crippen LogP contribution in [0.2, 0.25) is 0 Å². The number of aliphatic imine (C=N–C) groups is 1. The third-order valence-electron chi connectivity index (χ3n) is 4.64. The van der Waals surface area contributed by atoms with Gasteiger partial charge in [-0.05, 0) is 37.8 Å². The summed E-state index contributed by atoms with van der Waals surface area (Å²) in [7, 11) is 1.82. The fourth-order valence-electron chi connectivity index (χ4n) is 3.04. The number of aromatic nitrogens is 2. The SMILES string of the molecule is CCc1cnc(CNC(=NC)NC2CCN(c3ccc(C)cn3)CC2)s1. The van der Waals surface area contributed by atoms with Crippen LogP contribution in [0.4, 0.5) is 5.82 Å². The molecular formula is C19H28N6S. The van der Waals surface area contributed by atoms with E-state index in [1.807, 2.05) is 19.4 Å². The summed E-state index contributed by atoms with van der Waals surface area (Å²) in [6.07, 6.45) is 7.10. The number of anilines is 1. The van der Waals surface area contributed by atoms with E-state index in [0.717, 1.165) is 55.7 Å². The summed E-state index contributed by atoms with van der Waals surface area (Å²) in [6.45, 7) is 6.97. The molecule has 0 saturated carbocycles. The van der Waals surface area contributed by atoms with E-state index in [1.54, 1.807) is 11.3 Å². The number of aryl methyl sites for hydroxylation is 2. The van der Waals surface area contributed by atoms with Crippen molar-refractivity contribution in [1.82, 2.24) is 20.6 Å². The van der Waals surface area contributed by atoms with Gasteiger partial charge in [0.1, 0.15) is 10.8 Å². The summed E-state index contributed by atoms with van der Waals surface area (Å²) in [5, 5.41) is 8.03. The zero-order valence-corrected chi connectivity index (χ0v) is 16.6. The number of hydrogen-bond acceptors (Lipinski definition) is 5. The van der Waals surface area contributed by atoms with Gasteiger partial charge in [0.25, 0.3) is 0 Å². The summed E-state index contributed by atoms with van der Waals surface area (Å²) in [5.74, 6) is 1.93. The first-order valence-electron chi connectivity index (χ1n) is 9.26. The van der Waals surface area contributed by atoms with Crippen LogP contribution in [0, 0.1) is 6.92 Å². The maximum Gasteiger partial charge on any atom is 0.191 e. The van der Waals surface area contributed by atoms with Crippen LogP contribution >= 0.6 is 11.3 Å². The molecule has 26 heavy (non-hydrogen) atoms. The van der Waals surface area contributed by atoms with E-state index in [4.69, 9.17) is 0 Å². The first-order chi connectivity index (χ1) is 12.7. The van der Waals surface area contributed by atoms with E-state index in [1.165, 1.54) is 10.4 Å². The highest BCUT2D eigenvalue weighted by Gasteiger charge is 2.20. The van der Waals surface area contributed by atoms with Crippen molar-refractivity contribution in [3.63, 3.8) is 0 Å². The molecule has 2 aromatic heterocycles. The summed E-state index contributed by atoms with van der Waals surface area (Å²) >= 11 is 1.76. The van der Waals surface area contributed by atoms with Crippen LogP contribution in [0.5, 0.6) is 0 Å². The molecule has 7 heteroatoms. The van der Waals surface area contributed by atoms with Crippen molar-refractivity contribution in [2.75, 3.05) is 25.0 Å². The lowest BCUT2D eigenvalue weighted by atomic mass is 10.1. The quantitative estimate of drug-likeness (QED) is 0.624. The highest BCUT2D eigenvalue weighted by Crippen LogP contribution is 2.18. The monoisotopic (exact) mass is 372 g/mol. The lowest BCUT2D eigenvalue weighted by molar-refractivity contribution is 0.459. The van der Waals surface area contributed by atoms with Gasteiger partial charge in [-0.15, -0.1) is 11.3 Å². The summed E-state index contributed by atoms with van der Waals surface area (Å²) in [4.78, 5) is 17.0. The van der Waals surface area contributed by atoms with E-state index >= 15 is 0 Å². The van der Waals surface area contributed by atoms with Crippen LogP contribution in [0.15, 0.2) is 29.5 Å². The van der Waals surface area contributed by atoms with Crippen molar-refractivity contribution in [2.45, 2.75) is 45.7 Å². The molecule has 1 aliphatic rings. The normalized spacial score (nSPS) is 16.0. The summed E-state index contributed by atoms with van der Waals surface area (Å²) < 4.78 is 0. The Labute approximate surface area is 159 Å². The molecule has 0 radical (unpaired) electrons. The van der Waals surface area contributed by atoms with Crippen molar-refractivity contribution in [2.24, 2.45) is 4.99 Å². The number of hydrogen-bond donors (Lipinski definition) is 2. The molecule has 1 saturated heterocycles. The Morgan fingerprint density at radius 3 is 2.69 bits per heavy atom. The van der Waals surface area contributed by atoms with E-state index < -0.39 is 0 Å². The molecule has 0 unspecified atom stereocenters. The average molecular weight is 373 g/mol. The maximum atomic E-state index is 4.54. The van der Waals surface area contributed by atoms with Crippen LogP contribution in [0.3, 0.4) is 0 Å². The topological polar surface area (TPSA) is 65.4 Å². The average Bonchev–Trinajstić information content (AvgIpc) is 3.14. The van der Waals surface area contributed by atoms with Crippen LogP contribution in [-0.2, 0) is 13.0 Å². The molecule has 0 aromatic carbocycles. The standard InChI is InChI=1S/C19H28N6S/c1-4-16-12-22-18(26-16)13-23-19(20-3)24-15-7-9-25(10-8-15)17-6-5-14(2)11-21-17/h5-6,11-12,15H,4,7-10,13H2,1-3H3,(H2,20,23,24). The Hall–Kier alpha value is -2.15. The molecule has 3 heterocycles. The Kier molecular flexibility index (Phi) is 6.44. The Morgan fingerprint density at radius 2 is 2.08 bits per heavy atom. The predicted octanol–water partition coefficient (Wildman–Crippen LogP) is 2.74. The molecule has 6 nitrogen and oxygen atoms in total. The number of guanidine groups is 1. The number of piperidine rings is 1. The lowest BCUT2D eigenvalue weighted by Gasteiger charge is -2.33. The molecule has 0 amide bonds. The van der Waals surface area contributed by atoms with E-state index in [2.05, 4.69) is 56.5 Å². The molecule has 140 valence electrons. The summed E-state index contributed by atoms with van der Waals surface area (Å²) in [5.41, 5.74) is 1.20. The van der Waals surface area contributed by atoms with Crippen LogP contribution in [0.25, 0.3) is 0 Å². The predicted molar refractivity (Wildman–Crippen MR) is 109 cm³/mol. The summed E-state index contributed by atoms with van der Waals surface area (Å²) in [6, 6.07) is 4.67. The second kappa shape index (κ2) is 8.98. The van der Waals surface area contributed by atoms with Gasteiger partial charge < -0.3 is 15.5 Å². The third kappa shape index (κ3) is 4.94. The molecule has 3 rings (SSSR count). The first kappa shape index (κ1) is 18.6. The molecule has 0 spiro atoms. The highest BCUT2D eigenvalue weighted by atomic mass is 32.1. The van der Waals surface area contributed by atoms with Gasteiger partial charge in [0, 0.05) is 43.4 Å². The molecule has 0 bridgehead atoms. The van der Waals surface area contributed by atoms with Gasteiger partial charge in [0.15, 0.2) is 5.96 Å². The minimum Gasteiger partial charge on any atom is -0.356 e. The van der Waals surface area contributed by atoms with Gasteiger partial charge in [0.05, 0.1) is 6.54 Å². The van der Waals surface area contributed by atoms with Gasteiger partial charge in [0.2, 0.25) is 0 Å². The zero-order chi connectivity index (χ0) is 18.4. The molecule has 2 aromatic rings. The number of rotatable bonds is 5. The largest absolute Gasteiger partial charge is 0.356 e. The Balaban J connectivity index is 1.45. The highest BCUT2D eigenvalue weighted by molar-refractivity contribution is 7.11. The lowest BCUT2D eigenvalue weighted by Crippen LogP contribution is -2.48. The van der Waals surface area contributed by atoms with E-state index in [9.17, 15) is 0 Å². The fraction of sp³-hybridized carbons (Fsp3) is 0.526. The minimum absolute atomic E-state index is 0.436. The van der Waals surface area contributed by atoms with Crippen LogP contribution in [0.1, 0.15) is 35.2 Å². The van der Waals surface area contributed by atoms with Crippen LogP contribution in [-0.4, -0.2) is 42.1 Å². The number of pyridine rings is 1. The van der Waals surface area contributed by atoms with Crippen molar-refractivity contribution in [3.05, 3.63) is 40.0 Å². The van der Waals surface area contributed by atoms with E-state index in [0.29, 0.717) is 6.04 Å². The van der Waals surface area contributed by atoms with Gasteiger partial charge in [-0.2, -0.15) is 0 Å². The third-order valence-corrected chi connectivity index (χ3v) is 5.78. The zero-order valence-electron chi connectivity index (χ0n) is 15.8. The Morgan fingerprint density at radius 1 is 1.27 bits per heavy atom. The second-order valence-corrected chi connectivity index (χ2v) is 7.80. The molecule has 1 fully saturated rings. The van der Waals surface area contributed by atoms with Crippen molar-refractivity contribution in [1.29, 1.82) is 0 Å². The molecular weight excluding hydrogens is 344 g/mol. The molecule has 2 N–H and O–H groups in total. The van der Waals surface area contributed by atoms with Gasteiger partial charge in [-0.3, -0.25) is 4.99 Å². The molecule has 0 atom stereocenters. The van der Waals surface area contributed by atoms with Gasteiger partial charge >= 0.3 is 0 Å². The van der Waals surface area contributed by atoms with Crippen LogP contribution < -0.4 is 15.5 Å².